The van der Waals surface area contributed by atoms with Crippen molar-refractivity contribution in [3.63, 3.8) is 0 Å². The van der Waals surface area contributed by atoms with Gasteiger partial charge in [-0.25, -0.2) is 0 Å². The molecular weight excluding hydrogens is 96.1 g/mol. The molecule has 0 spiro atoms. The normalized spacial score (nSPS) is 29.8. The van der Waals surface area contributed by atoms with Crippen molar-refractivity contribution in [1.82, 2.24) is 0 Å². The molecule has 0 heterocycles. The average Bonchev–Trinajstić information content (AvgIpc) is 1.64. The molecule has 1 aliphatic rings. The molecule has 0 saturated heterocycles. The summed E-state index contributed by atoms with van der Waals surface area (Å²) in [5.74, 6) is 0.694. The second-order valence-corrected chi connectivity index (χ2v) is 2.70. The topological polar surface area (TPSA) is 0 Å². The first-order valence-corrected chi connectivity index (χ1v) is 3.28. The summed E-state index contributed by atoms with van der Waals surface area (Å²) in [7, 11) is 0. The molecule has 0 aliphatic heterocycles. The van der Waals surface area contributed by atoms with Gasteiger partial charge in [-0.1, -0.05) is 11.6 Å². The summed E-state index contributed by atoms with van der Waals surface area (Å²) in [6.45, 7) is 6.20. The van der Waals surface area contributed by atoms with E-state index >= 15 is 0 Å². The van der Waals surface area contributed by atoms with Crippen LogP contribution < -0.4 is 0 Å². The van der Waals surface area contributed by atoms with E-state index in [0.717, 1.165) is 0 Å². The van der Waals surface area contributed by atoms with Crippen molar-refractivity contribution >= 4 is 0 Å². The lowest BCUT2D eigenvalue weighted by Crippen LogP contribution is -1.99. The van der Waals surface area contributed by atoms with Gasteiger partial charge in [-0.05, 0) is 39.0 Å². The van der Waals surface area contributed by atoms with Gasteiger partial charge in [0, 0.05) is 0 Å². The van der Waals surface area contributed by atoms with E-state index in [-0.39, 0.29) is 0 Å². The van der Waals surface area contributed by atoms with Crippen LogP contribution in [0, 0.1) is 12.8 Å². The monoisotopic (exact) mass is 109 g/mol. The third-order valence-electron chi connectivity index (χ3n) is 1.68. The van der Waals surface area contributed by atoms with E-state index in [1.54, 1.807) is 0 Å². The van der Waals surface area contributed by atoms with Crippen LogP contribution in [0.5, 0.6) is 0 Å². The molecule has 0 aromatic heterocycles. The Morgan fingerprint density at radius 3 is 2.88 bits per heavy atom. The van der Waals surface area contributed by atoms with Crippen LogP contribution in [0.1, 0.15) is 26.2 Å². The Hall–Kier alpha value is -0.260. The fourth-order valence-electron chi connectivity index (χ4n) is 1.21. The fraction of sp³-hybridized carbons (Fsp3) is 0.625. The fourth-order valence-corrected chi connectivity index (χ4v) is 1.21. The van der Waals surface area contributed by atoms with Gasteiger partial charge in [0.05, 0.1) is 0 Å². The van der Waals surface area contributed by atoms with Crippen molar-refractivity contribution in [2.75, 3.05) is 0 Å². The van der Waals surface area contributed by atoms with Crippen molar-refractivity contribution in [3.05, 3.63) is 18.6 Å². The third kappa shape index (κ3) is 1.36. The quantitative estimate of drug-likeness (QED) is 0.419. The average molecular weight is 109 g/mol. The van der Waals surface area contributed by atoms with Crippen LogP contribution in [0.2, 0.25) is 0 Å². The molecule has 1 aliphatic carbocycles. The van der Waals surface area contributed by atoms with Crippen molar-refractivity contribution in [2.45, 2.75) is 26.2 Å². The molecule has 0 bridgehead atoms. The lowest BCUT2D eigenvalue weighted by Gasteiger charge is -2.15. The van der Waals surface area contributed by atoms with Gasteiger partial charge in [0.2, 0.25) is 0 Å². The van der Waals surface area contributed by atoms with E-state index in [1.807, 2.05) is 0 Å². The van der Waals surface area contributed by atoms with Gasteiger partial charge in [0.25, 0.3) is 0 Å². The summed E-state index contributed by atoms with van der Waals surface area (Å²) in [5, 5.41) is 0. The first kappa shape index (κ1) is 5.87. The Balaban J connectivity index is 2.45. The molecule has 1 rings (SSSR count). The van der Waals surface area contributed by atoms with E-state index in [4.69, 9.17) is 0 Å². The highest BCUT2D eigenvalue weighted by Crippen LogP contribution is 2.21. The van der Waals surface area contributed by atoms with Gasteiger partial charge in [0.1, 0.15) is 0 Å². The molecule has 0 fully saturated rings. The molecule has 0 nitrogen and oxygen atoms in total. The van der Waals surface area contributed by atoms with E-state index in [1.165, 1.54) is 24.8 Å². The highest BCUT2D eigenvalue weighted by Gasteiger charge is 2.06. The second-order valence-electron chi connectivity index (χ2n) is 2.70. The van der Waals surface area contributed by atoms with Crippen LogP contribution in [-0.4, -0.2) is 0 Å². The Kier molecular flexibility index (Phi) is 1.72. The zero-order valence-electron chi connectivity index (χ0n) is 5.48. The predicted molar refractivity (Wildman–Crippen MR) is 36.5 cm³/mol. The van der Waals surface area contributed by atoms with Gasteiger partial charge in [0.15, 0.2) is 0 Å². The molecule has 0 aromatic carbocycles. The largest absolute Gasteiger partial charge is 0.0856 e. The first-order chi connectivity index (χ1) is 3.79. The second kappa shape index (κ2) is 2.34. The minimum Gasteiger partial charge on any atom is -0.0856 e. The summed E-state index contributed by atoms with van der Waals surface area (Å²) in [6, 6.07) is 0. The molecule has 1 atom stereocenters. The molecule has 0 heteroatoms. The molecule has 45 valence electrons. The lowest BCUT2D eigenvalue weighted by molar-refractivity contribution is 0.560. The summed E-state index contributed by atoms with van der Waals surface area (Å²) in [6.07, 6.45) is 6.08. The maximum atomic E-state index is 4.01. The SMILES string of the molecule is [CH2]C1CCC=C(C)C1. The first-order valence-electron chi connectivity index (χ1n) is 3.28. The van der Waals surface area contributed by atoms with Gasteiger partial charge < -0.3 is 0 Å². The zero-order valence-corrected chi connectivity index (χ0v) is 5.48. The van der Waals surface area contributed by atoms with Gasteiger partial charge in [-0.15, -0.1) is 0 Å². The smallest absolute Gasteiger partial charge is 0.0294 e. The summed E-state index contributed by atoms with van der Waals surface area (Å²) in [4.78, 5) is 0. The number of allylic oxidation sites excluding steroid dienone is 2. The third-order valence-corrected chi connectivity index (χ3v) is 1.68. The molecule has 8 heavy (non-hydrogen) atoms. The Morgan fingerprint density at radius 1 is 1.75 bits per heavy atom. The minimum absolute atomic E-state index is 0.694. The summed E-state index contributed by atoms with van der Waals surface area (Å²) >= 11 is 0. The number of rotatable bonds is 0. The molecule has 1 unspecified atom stereocenters. The van der Waals surface area contributed by atoms with Crippen molar-refractivity contribution in [3.8, 4) is 0 Å². The molecular formula is C8H13. The van der Waals surface area contributed by atoms with Crippen molar-refractivity contribution in [2.24, 2.45) is 5.92 Å². The van der Waals surface area contributed by atoms with Gasteiger partial charge in [-0.3, -0.25) is 0 Å². The Morgan fingerprint density at radius 2 is 2.50 bits per heavy atom. The van der Waals surface area contributed by atoms with E-state index in [9.17, 15) is 0 Å². The van der Waals surface area contributed by atoms with E-state index in [2.05, 4.69) is 19.9 Å². The molecule has 0 N–H and O–H groups in total. The lowest BCUT2D eigenvalue weighted by atomic mass is 9.91. The van der Waals surface area contributed by atoms with Crippen molar-refractivity contribution in [1.29, 1.82) is 0 Å². The summed E-state index contributed by atoms with van der Waals surface area (Å²) < 4.78 is 0. The standard InChI is InChI=1S/C8H13/c1-7-4-3-5-8(2)6-7/h5,7H,1,3-4,6H2,2H3. The van der Waals surface area contributed by atoms with E-state index in [0.29, 0.717) is 5.92 Å². The molecule has 0 saturated carbocycles. The summed E-state index contributed by atoms with van der Waals surface area (Å²) in [5.41, 5.74) is 1.52. The molecule has 1 radical (unpaired) electrons. The Bertz CT molecular complexity index is 101. The van der Waals surface area contributed by atoms with Crippen LogP contribution in [0.15, 0.2) is 11.6 Å². The predicted octanol–water partition coefficient (Wildman–Crippen LogP) is 2.57. The zero-order chi connectivity index (χ0) is 5.98. The van der Waals surface area contributed by atoms with Crippen LogP contribution in [0.4, 0.5) is 0 Å². The van der Waals surface area contributed by atoms with Gasteiger partial charge in [-0.2, -0.15) is 0 Å². The van der Waals surface area contributed by atoms with Crippen LogP contribution in [0.3, 0.4) is 0 Å². The highest BCUT2D eigenvalue weighted by molar-refractivity contribution is 5.03. The van der Waals surface area contributed by atoms with Crippen LogP contribution in [0.25, 0.3) is 0 Å². The maximum Gasteiger partial charge on any atom is -0.0294 e. The Labute approximate surface area is 51.6 Å². The number of hydrogen-bond acceptors (Lipinski definition) is 0. The molecule has 0 amide bonds. The van der Waals surface area contributed by atoms with Crippen LogP contribution >= 0.6 is 0 Å². The van der Waals surface area contributed by atoms with E-state index < -0.39 is 0 Å². The van der Waals surface area contributed by atoms with Gasteiger partial charge >= 0.3 is 0 Å². The highest BCUT2D eigenvalue weighted by atomic mass is 14.1. The van der Waals surface area contributed by atoms with Crippen molar-refractivity contribution < 1.29 is 0 Å². The van der Waals surface area contributed by atoms with Crippen LogP contribution in [-0.2, 0) is 0 Å². The maximum absolute atomic E-state index is 4.01. The number of hydrogen-bond donors (Lipinski definition) is 0. The molecule has 0 aromatic rings. The minimum atomic E-state index is 0.694.